The third-order valence-corrected chi connectivity index (χ3v) is 6.41. The first kappa shape index (κ1) is 20.2. The highest BCUT2D eigenvalue weighted by molar-refractivity contribution is 7.17. The van der Waals surface area contributed by atoms with Gasteiger partial charge >= 0.3 is 5.97 Å². The van der Waals surface area contributed by atoms with Crippen LogP contribution in [-0.4, -0.2) is 23.6 Å². The maximum absolute atomic E-state index is 13.0. The molecule has 0 spiro atoms. The normalized spacial score (nSPS) is 15.6. The summed E-state index contributed by atoms with van der Waals surface area (Å²) in [6.07, 6.45) is 2.61. The molecule has 1 aliphatic carbocycles. The Bertz CT molecular complexity index is 1210. The Labute approximate surface area is 176 Å². The number of anilines is 1. The van der Waals surface area contributed by atoms with Crippen LogP contribution in [0.2, 0.25) is 0 Å². The second-order valence-corrected chi connectivity index (χ2v) is 8.52. The van der Waals surface area contributed by atoms with E-state index in [-0.39, 0.29) is 29.1 Å². The van der Waals surface area contributed by atoms with E-state index in [1.54, 1.807) is 19.1 Å². The molecule has 156 valence electrons. The molecule has 1 aliphatic rings. The summed E-state index contributed by atoms with van der Waals surface area (Å²) in [5.74, 6) is -0.579. The average Bonchev–Trinajstić information content (AvgIpc) is 3.05. The summed E-state index contributed by atoms with van der Waals surface area (Å²) in [4.78, 5) is 26.7. The molecule has 0 aliphatic heterocycles. The first-order valence-electron chi connectivity index (χ1n) is 9.82. The molecule has 0 saturated carbocycles. The van der Waals surface area contributed by atoms with Crippen molar-refractivity contribution >= 4 is 39.2 Å². The minimum atomic E-state index is -0.550. The number of phenols is 1. The molecule has 0 radical (unpaired) electrons. The van der Waals surface area contributed by atoms with Crippen molar-refractivity contribution in [3.63, 3.8) is 0 Å². The van der Waals surface area contributed by atoms with Gasteiger partial charge in [0.15, 0.2) is 11.3 Å². The van der Waals surface area contributed by atoms with Gasteiger partial charge in [-0.3, -0.25) is 10.2 Å². The van der Waals surface area contributed by atoms with E-state index in [0.29, 0.717) is 21.9 Å². The molecule has 1 aromatic carbocycles. The quantitative estimate of drug-likeness (QED) is 0.540. The van der Waals surface area contributed by atoms with Crippen LogP contribution in [0.15, 0.2) is 28.7 Å². The third kappa shape index (κ3) is 3.59. The summed E-state index contributed by atoms with van der Waals surface area (Å²) in [6, 6.07) is 6.26. The molecule has 1 unspecified atom stereocenters. The molecular weight excluding hydrogens is 404 g/mol. The molecule has 3 aromatic rings. The number of phenolic OH excluding ortho intramolecular Hbond substituents is 1. The van der Waals surface area contributed by atoms with Crippen molar-refractivity contribution in [3.05, 3.63) is 51.4 Å². The molecule has 0 bridgehead atoms. The molecule has 8 heteroatoms. The predicted octanol–water partition coefficient (Wildman–Crippen LogP) is 4.23. The Balaban J connectivity index is 1.73. The van der Waals surface area contributed by atoms with E-state index in [1.807, 2.05) is 0 Å². The van der Waals surface area contributed by atoms with Gasteiger partial charge in [-0.1, -0.05) is 19.1 Å². The number of esters is 1. The van der Waals surface area contributed by atoms with Gasteiger partial charge in [-0.15, -0.1) is 11.3 Å². The van der Waals surface area contributed by atoms with Gasteiger partial charge in [0.2, 0.25) is 5.55 Å². The van der Waals surface area contributed by atoms with Crippen LogP contribution in [0, 0.1) is 11.3 Å². The lowest BCUT2D eigenvalue weighted by atomic mass is 9.88. The van der Waals surface area contributed by atoms with Crippen molar-refractivity contribution < 1.29 is 23.8 Å². The van der Waals surface area contributed by atoms with Crippen molar-refractivity contribution in [1.29, 1.82) is 5.41 Å². The Morgan fingerprint density at radius 2 is 2.20 bits per heavy atom. The topological polar surface area (TPSA) is 113 Å². The van der Waals surface area contributed by atoms with Crippen LogP contribution < -0.4 is 10.9 Å². The van der Waals surface area contributed by atoms with Gasteiger partial charge in [0.25, 0.3) is 5.91 Å². The fourth-order valence-electron chi connectivity index (χ4n) is 3.74. The molecule has 2 heterocycles. The number of para-hydroxylation sites is 1. The van der Waals surface area contributed by atoms with Gasteiger partial charge in [-0.2, -0.15) is 0 Å². The molecular formula is C22H22N2O5S. The van der Waals surface area contributed by atoms with E-state index >= 15 is 0 Å². The molecule has 3 N–H and O–H groups in total. The summed E-state index contributed by atoms with van der Waals surface area (Å²) in [6.45, 7) is 4.16. The van der Waals surface area contributed by atoms with E-state index in [0.717, 1.165) is 29.7 Å². The monoisotopic (exact) mass is 426 g/mol. The van der Waals surface area contributed by atoms with Gasteiger partial charge in [0.05, 0.1) is 12.2 Å². The standard InChI is InChI=1S/C22H22N2O5S/c1-3-28-22(27)17-13-8-7-11(2)9-16(13)30-21(17)24-20(26)14-10-12-5-4-6-15(25)18(12)29-19(14)23/h4-6,10-11,23,25H,3,7-9H2,1-2H3,(H,24,26). The average molecular weight is 426 g/mol. The molecule has 1 amide bonds. The molecule has 7 nitrogen and oxygen atoms in total. The maximum atomic E-state index is 13.0. The Hall–Kier alpha value is -3.13. The first-order valence-corrected chi connectivity index (χ1v) is 10.6. The zero-order chi connectivity index (χ0) is 21.4. The molecule has 1 atom stereocenters. The Morgan fingerprint density at radius 3 is 2.97 bits per heavy atom. The fourth-order valence-corrected chi connectivity index (χ4v) is 5.14. The molecule has 4 rings (SSSR count). The number of carbonyl (C=O) groups excluding carboxylic acids is 2. The van der Waals surface area contributed by atoms with Crippen molar-refractivity contribution in [2.75, 3.05) is 11.9 Å². The van der Waals surface area contributed by atoms with E-state index in [9.17, 15) is 14.7 Å². The number of aromatic hydroxyl groups is 1. The molecule has 2 aromatic heterocycles. The predicted molar refractivity (Wildman–Crippen MR) is 113 cm³/mol. The number of rotatable bonds is 4. The van der Waals surface area contributed by atoms with Crippen molar-refractivity contribution in [1.82, 2.24) is 0 Å². The molecule has 0 fully saturated rings. The lowest BCUT2D eigenvalue weighted by Gasteiger charge is -2.18. The molecule has 30 heavy (non-hydrogen) atoms. The number of fused-ring (bicyclic) bond motifs is 2. The van der Waals surface area contributed by atoms with Crippen LogP contribution in [0.1, 0.15) is 51.4 Å². The van der Waals surface area contributed by atoms with Crippen LogP contribution >= 0.6 is 11.3 Å². The van der Waals surface area contributed by atoms with Crippen LogP contribution in [0.3, 0.4) is 0 Å². The van der Waals surface area contributed by atoms with Crippen molar-refractivity contribution in [3.8, 4) is 5.75 Å². The highest BCUT2D eigenvalue weighted by Gasteiger charge is 2.29. The first-order chi connectivity index (χ1) is 14.4. The Morgan fingerprint density at radius 1 is 1.40 bits per heavy atom. The number of thiophene rings is 1. The van der Waals surface area contributed by atoms with Gasteiger partial charge in [-0.05, 0) is 49.8 Å². The van der Waals surface area contributed by atoms with Crippen LogP contribution in [-0.2, 0) is 17.6 Å². The number of carbonyl (C=O) groups is 2. The summed E-state index contributed by atoms with van der Waals surface area (Å²) in [7, 11) is 0. The number of hydrogen-bond acceptors (Lipinski definition) is 7. The number of benzene rings is 1. The Kier molecular flexibility index (Phi) is 5.34. The number of hydrogen-bond donors (Lipinski definition) is 3. The van der Waals surface area contributed by atoms with Gasteiger partial charge in [0, 0.05) is 10.3 Å². The van der Waals surface area contributed by atoms with E-state index < -0.39 is 11.9 Å². The van der Waals surface area contributed by atoms with Gasteiger partial charge in [-0.25, -0.2) is 4.79 Å². The van der Waals surface area contributed by atoms with E-state index in [1.165, 1.54) is 23.5 Å². The highest BCUT2D eigenvalue weighted by Crippen LogP contribution is 2.40. The minimum absolute atomic E-state index is 0.0163. The van der Waals surface area contributed by atoms with Crippen molar-refractivity contribution in [2.45, 2.75) is 33.1 Å². The summed E-state index contributed by atoms with van der Waals surface area (Å²) < 4.78 is 10.6. The van der Waals surface area contributed by atoms with Gasteiger partial charge in [0.1, 0.15) is 10.6 Å². The number of amides is 1. The van der Waals surface area contributed by atoms with Gasteiger partial charge < -0.3 is 19.6 Å². The van der Waals surface area contributed by atoms with Crippen molar-refractivity contribution in [2.24, 2.45) is 5.92 Å². The largest absolute Gasteiger partial charge is 0.504 e. The maximum Gasteiger partial charge on any atom is 0.341 e. The van der Waals surface area contributed by atoms with E-state index in [4.69, 9.17) is 14.6 Å². The van der Waals surface area contributed by atoms with Crippen LogP contribution in [0.25, 0.3) is 11.0 Å². The third-order valence-electron chi connectivity index (χ3n) is 5.24. The second-order valence-electron chi connectivity index (χ2n) is 7.42. The fraction of sp³-hybridized carbons (Fsp3) is 0.318. The zero-order valence-electron chi connectivity index (χ0n) is 16.7. The SMILES string of the molecule is CCOC(=O)c1c(NC(=O)c2cc3cccc(O)c3oc2=N)sc2c1CCC(C)C2. The number of ether oxygens (including phenoxy) is 1. The summed E-state index contributed by atoms with van der Waals surface area (Å²) in [5, 5.41) is 21.7. The van der Waals surface area contributed by atoms with E-state index in [2.05, 4.69) is 12.2 Å². The number of nitrogens with one attached hydrogen (secondary N) is 2. The lowest BCUT2D eigenvalue weighted by Crippen LogP contribution is -2.22. The summed E-state index contributed by atoms with van der Waals surface area (Å²) in [5.41, 5.74) is 1.16. The smallest absolute Gasteiger partial charge is 0.341 e. The second kappa shape index (κ2) is 7.95. The lowest BCUT2D eigenvalue weighted by molar-refractivity contribution is 0.0526. The van der Waals surface area contributed by atoms with Crippen LogP contribution in [0.4, 0.5) is 5.00 Å². The van der Waals surface area contributed by atoms with Crippen LogP contribution in [0.5, 0.6) is 5.75 Å². The minimum Gasteiger partial charge on any atom is -0.504 e. The zero-order valence-corrected chi connectivity index (χ0v) is 17.5. The highest BCUT2D eigenvalue weighted by atomic mass is 32.1. The summed E-state index contributed by atoms with van der Waals surface area (Å²) >= 11 is 1.39. The molecule has 0 saturated heterocycles.